The number of ether oxygens (including phenoxy) is 3. The van der Waals surface area contributed by atoms with E-state index in [2.05, 4.69) is 0 Å². The van der Waals surface area contributed by atoms with Crippen molar-refractivity contribution in [3.63, 3.8) is 0 Å². The van der Waals surface area contributed by atoms with E-state index in [9.17, 15) is 13.6 Å². The van der Waals surface area contributed by atoms with Crippen LogP contribution in [0.4, 0.5) is 8.78 Å². The van der Waals surface area contributed by atoms with E-state index in [4.69, 9.17) is 14.2 Å². The Kier molecular flexibility index (Phi) is 6.01. The zero-order valence-corrected chi connectivity index (χ0v) is 14.1. The van der Waals surface area contributed by atoms with E-state index >= 15 is 0 Å². The molecule has 0 saturated carbocycles. The first kappa shape index (κ1) is 18.1. The maximum Gasteiger partial charge on any atom is 0.260 e. The fourth-order valence-electron chi connectivity index (χ4n) is 2.56. The lowest BCUT2D eigenvalue weighted by Crippen LogP contribution is -2.49. The van der Waals surface area contributed by atoms with Gasteiger partial charge in [-0.05, 0) is 24.3 Å². The minimum atomic E-state index is -0.970. The Hall–Kier alpha value is -2.67. The average molecular weight is 363 g/mol. The molecule has 0 spiro atoms. The summed E-state index contributed by atoms with van der Waals surface area (Å²) in [6, 6.07) is 12.4. The second-order valence-electron chi connectivity index (χ2n) is 5.82. The van der Waals surface area contributed by atoms with Crippen molar-refractivity contribution in [2.24, 2.45) is 0 Å². The molecule has 0 bridgehead atoms. The van der Waals surface area contributed by atoms with E-state index in [1.54, 1.807) is 17.0 Å². The summed E-state index contributed by atoms with van der Waals surface area (Å²) >= 11 is 0. The van der Waals surface area contributed by atoms with E-state index in [0.717, 1.165) is 12.1 Å². The molecule has 1 heterocycles. The normalized spacial score (nSPS) is 17.0. The van der Waals surface area contributed by atoms with E-state index in [0.29, 0.717) is 25.4 Å². The lowest BCUT2D eigenvalue weighted by molar-refractivity contribution is -0.142. The molecular formula is C19H19F2NO4. The van der Waals surface area contributed by atoms with Crippen LogP contribution in [0, 0.1) is 11.6 Å². The van der Waals surface area contributed by atoms with Gasteiger partial charge in [-0.25, -0.2) is 8.78 Å². The van der Waals surface area contributed by atoms with Crippen molar-refractivity contribution in [2.45, 2.75) is 6.10 Å². The van der Waals surface area contributed by atoms with Crippen molar-refractivity contribution in [1.29, 1.82) is 0 Å². The molecule has 5 nitrogen and oxygen atoms in total. The van der Waals surface area contributed by atoms with Gasteiger partial charge in [0.25, 0.3) is 5.91 Å². The fraction of sp³-hybridized carbons (Fsp3) is 0.316. The monoisotopic (exact) mass is 363 g/mol. The van der Waals surface area contributed by atoms with E-state index in [1.165, 1.54) is 6.07 Å². The summed E-state index contributed by atoms with van der Waals surface area (Å²) in [4.78, 5) is 13.9. The van der Waals surface area contributed by atoms with Gasteiger partial charge in [0.15, 0.2) is 18.2 Å². The number of carbonyl (C=O) groups is 1. The van der Waals surface area contributed by atoms with Gasteiger partial charge in [0.05, 0.1) is 13.2 Å². The van der Waals surface area contributed by atoms with Crippen LogP contribution in [0.3, 0.4) is 0 Å². The minimum Gasteiger partial charge on any atom is -0.491 e. The lowest BCUT2D eigenvalue weighted by atomic mass is 10.2. The van der Waals surface area contributed by atoms with Crippen LogP contribution in [0.2, 0.25) is 0 Å². The maximum atomic E-state index is 13.2. The molecule has 2 aromatic carbocycles. The number of benzene rings is 2. The molecule has 1 atom stereocenters. The Labute approximate surface area is 150 Å². The molecule has 0 aromatic heterocycles. The van der Waals surface area contributed by atoms with E-state index in [-0.39, 0.29) is 31.0 Å². The summed E-state index contributed by atoms with van der Waals surface area (Å²) in [5.41, 5.74) is 0. The topological polar surface area (TPSA) is 48.0 Å². The van der Waals surface area contributed by atoms with Gasteiger partial charge in [0.1, 0.15) is 24.2 Å². The predicted octanol–water partition coefficient (Wildman–Crippen LogP) is 2.65. The zero-order valence-electron chi connectivity index (χ0n) is 14.1. The highest BCUT2D eigenvalue weighted by Gasteiger charge is 2.25. The van der Waals surface area contributed by atoms with E-state index < -0.39 is 11.6 Å². The number of hydrogen-bond acceptors (Lipinski definition) is 4. The molecule has 0 N–H and O–H groups in total. The first-order valence-electron chi connectivity index (χ1n) is 8.27. The summed E-state index contributed by atoms with van der Waals surface area (Å²) in [6.45, 7) is 1.28. The molecule has 1 saturated heterocycles. The number of rotatable bonds is 6. The minimum absolute atomic E-state index is 0.0548. The number of halogens is 2. The Morgan fingerprint density at radius 3 is 2.65 bits per heavy atom. The molecule has 1 amide bonds. The van der Waals surface area contributed by atoms with Gasteiger partial charge in [-0.2, -0.15) is 0 Å². The molecule has 138 valence electrons. The summed E-state index contributed by atoms with van der Waals surface area (Å²) < 4.78 is 42.6. The summed E-state index contributed by atoms with van der Waals surface area (Å²) in [6.07, 6.45) is -0.350. The summed E-state index contributed by atoms with van der Waals surface area (Å²) in [7, 11) is 0. The zero-order chi connectivity index (χ0) is 18.4. The largest absolute Gasteiger partial charge is 0.491 e. The molecule has 7 heteroatoms. The van der Waals surface area contributed by atoms with Gasteiger partial charge in [-0.1, -0.05) is 18.2 Å². The number of amides is 1. The Morgan fingerprint density at radius 2 is 1.88 bits per heavy atom. The van der Waals surface area contributed by atoms with Crippen LogP contribution in [0.1, 0.15) is 0 Å². The SMILES string of the molecule is O=C(COc1ccccc1)N1CCOC(COc2ccc(F)c(F)c2)C1. The average Bonchev–Trinajstić information content (AvgIpc) is 2.68. The molecule has 0 radical (unpaired) electrons. The molecule has 3 rings (SSSR count). The standard InChI is InChI=1S/C19H19F2NO4/c20-17-7-6-15(10-18(17)21)25-12-16-11-22(8-9-24-16)19(23)13-26-14-4-2-1-3-5-14/h1-7,10,16H,8-9,11-13H2. The number of morpholine rings is 1. The second kappa shape index (κ2) is 8.62. The summed E-state index contributed by atoms with van der Waals surface area (Å²) in [5.74, 6) is -1.20. The van der Waals surface area contributed by atoms with Crippen molar-refractivity contribution >= 4 is 5.91 Å². The number of nitrogens with zero attached hydrogens (tertiary/aromatic N) is 1. The first-order chi connectivity index (χ1) is 12.6. The molecule has 1 fully saturated rings. The van der Waals surface area contributed by atoms with Crippen LogP contribution < -0.4 is 9.47 Å². The number of para-hydroxylation sites is 1. The van der Waals surface area contributed by atoms with Crippen molar-refractivity contribution in [1.82, 2.24) is 4.90 Å². The second-order valence-corrected chi connectivity index (χ2v) is 5.82. The van der Waals surface area contributed by atoms with Crippen molar-refractivity contribution in [2.75, 3.05) is 32.9 Å². The molecule has 1 aliphatic heterocycles. The van der Waals surface area contributed by atoms with Crippen LogP contribution in [-0.4, -0.2) is 49.8 Å². The third kappa shape index (κ3) is 4.92. The summed E-state index contributed by atoms with van der Waals surface area (Å²) in [5, 5.41) is 0. The van der Waals surface area contributed by atoms with Gasteiger partial charge in [-0.3, -0.25) is 4.79 Å². The molecule has 0 aliphatic carbocycles. The van der Waals surface area contributed by atoms with Crippen LogP contribution >= 0.6 is 0 Å². The van der Waals surface area contributed by atoms with Gasteiger partial charge in [-0.15, -0.1) is 0 Å². The van der Waals surface area contributed by atoms with Crippen LogP contribution in [-0.2, 0) is 9.53 Å². The van der Waals surface area contributed by atoms with Crippen LogP contribution in [0.15, 0.2) is 48.5 Å². The van der Waals surface area contributed by atoms with E-state index in [1.807, 2.05) is 18.2 Å². The maximum absolute atomic E-state index is 13.2. The number of carbonyl (C=O) groups excluding carboxylic acids is 1. The third-order valence-electron chi connectivity index (χ3n) is 3.92. The van der Waals surface area contributed by atoms with Crippen molar-refractivity contribution in [3.05, 3.63) is 60.2 Å². The lowest BCUT2D eigenvalue weighted by Gasteiger charge is -2.32. The Balaban J connectivity index is 1.47. The molecule has 1 aliphatic rings. The number of hydrogen-bond donors (Lipinski definition) is 0. The van der Waals surface area contributed by atoms with Crippen LogP contribution in [0.25, 0.3) is 0 Å². The van der Waals surface area contributed by atoms with Crippen molar-refractivity contribution < 1.29 is 27.8 Å². The molecule has 26 heavy (non-hydrogen) atoms. The predicted molar refractivity (Wildman–Crippen MR) is 90.1 cm³/mol. The quantitative estimate of drug-likeness (QED) is 0.792. The van der Waals surface area contributed by atoms with Gasteiger partial charge in [0.2, 0.25) is 0 Å². The molecule has 1 unspecified atom stereocenters. The first-order valence-corrected chi connectivity index (χ1v) is 8.27. The Morgan fingerprint density at radius 1 is 1.08 bits per heavy atom. The molecule has 2 aromatic rings. The van der Waals surface area contributed by atoms with Gasteiger partial charge >= 0.3 is 0 Å². The van der Waals surface area contributed by atoms with Gasteiger partial charge < -0.3 is 19.1 Å². The molecular weight excluding hydrogens is 344 g/mol. The highest BCUT2D eigenvalue weighted by molar-refractivity contribution is 5.77. The van der Waals surface area contributed by atoms with Crippen molar-refractivity contribution in [3.8, 4) is 11.5 Å². The smallest absolute Gasteiger partial charge is 0.260 e. The van der Waals surface area contributed by atoms with Crippen LogP contribution in [0.5, 0.6) is 11.5 Å². The fourth-order valence-corrected chi connectivity index (χ4v) is 2.56. The Bertz CT molecular complexity index is 742. The third-order valence-corrected chi connectivity index (χ3v) is 3.92. The van der Waals surface area contributed by atoms with Gasteiger partial charge in [0, 0.05) is 12.6 Å². The highest BCUT2D eigenvalue weighted by atomic mass is 19.2. The highest BCUT2D eigenvalue weighted by Crippen LogP contribution is 2.17.